The maximum atomic E-state index is 12.9. The lowest BCUT2D eigenvalue weighted by Gasteiger charge is -2.36. The molecule has 2 aliphatic rings. The molecule has 0 aromatic rings. The lowest BCUT2D eigenvalue weighted by atomic mass is 9.92. The van der Waals surface area contributed by atoms with E-state index >= 15 is 0 Å². The van der Waals surface area contributed by atoms with E-state index in [9.17, 15) is 4.79 Å². The predicted molar refractivity (Wildman–Crippen MR) is 83.3 cm³/mol. The van der Waals surface area contributed by atoms with Gasteiger partial charge in [0, 0.05) is 6.04 Å². The van der Waals surface area contributed by atoms with E-state index < -0.39 is 0 Å². The fourth-order valence-corrected chi connectivity index (χ4v) is 3.74. The molecular formula is C17H32N2O. The minimum atomic E-state index is 0.0469. The van der Waals surface area contributed by atoms with Crippen molar-refractivity contribution < 1.29 is 4.79 Å². The van der Waals surface area contributed by atoms with E-state index in [1.54, 1.807) is 0 Å². The molecule has 2 rings (SSSR count). The van der Waals surface area contributed by atoms with Crippen molar-refractivity contribution in [1.29, 1.82) is 0 Å². The van der Waals surface area contributed by atoms with Crippen LogP contribution in [0.5, 0.6) is 0 Å². The van der Waals surface area contributed by atoms with Gasteiger partial charge in [-0.3, -0.25) is 10.1 Å². The molecular weight excluding hydrogens is 248 g/mol. The summed E-state index contributed by atoms with van der Waals surface area (Å²) in [5, 5.41) is 3.65. The molecule has 0 bridgehead atoms. The second kappa shape index (κ2) is 6.93. The van der Waals surface area contributed by atoms with Crippen LogP contribution in [-0.4, -0.2) is 29.1 Å². The summed E-state index contributed by atoms with van der Waals surface area (Å²) < 4.78 is 0. The third-order valence-corrected chi connectivity index (χ3v) is 5.10. The van der Waals surface area contributed by atoms with Gasteiger partial charge in [0.15, 0.2) is 0 Å². The van der Waals surface area contributed by atoms with Gasteiger partial charge in [0.2, 0.25) is 5.91 Å². The van der Waals surface area contributed by atoms with Crippen LogP contribution >= 0.6 is 0 Å². The lowest BCUT2D eigenvalue weighted by Crippen LogP contribution is -2.46. The van der Waals surface area contributed by atoms with Gasteiger partial charge in [-0.25, -0.2) is 0 Å². The Hall–Kier alpha value is -0.570. The van der Waals surface area contributed by atoms with E-state index in [0.29, 0.717) is 23.8 Å². The maximum absolute atomic E-state index is 12.9. The molecule has 0 aromatic heterocycles. The van der Waals surface area contributed by atoms with Crippen molar-refractivity contribution in [2.24, 2.45) is 11.8 Å². The molecule has 1 N–H and O–H groups in total. The van der Waals surface area contributed by atoms with Gasteiger partial charge in [0.25, 0.3) is 0 Å². The van der Waals surface area contributed by atoms with E-state index in [2.05, 4.69) is 37.9 Å². The van der Waals surface area contributed by atoms with Crippen LogP contribution in [0.4, 0.5) is 0 Å². The summed E-state index contributed by atoms with van der Waals surface area (Å²) in [4.78, 5) is 15.1. The molecule has 116 valence electrons. The molecule has 3 nitrogen and oxygen atoms in total. The number of carbonyl (C=O) groups excluding carboxylic acids is 1. The number of hydrogen-bond donors (Lipinski definition) is 1. The summed E-state index contributed by atoms with van der Waals surface area (Å²) in [5.41, 5.74) is 0. The quantitative estimate of drug-likeness (QED) is 0.835. The monoisotopic (exact) mass is 280 g/mol. The van der Waals surface area contributed by atoms with Crippen molar-refractivity contribution in [2.45, 2.75) is 90.9 Å². The van der Waals surface area contributed by atoms with Crippen molar-refractivity contribution in [1.82, 2.24) is 10.2 Å². The molecule has 0 radical (unpaired) electrons. The van der Waals surface area contributed by atoms with Gasteiger partial charge in [-0.15, -0.1) is 0 Å². The van der Waals surface area contributed by atoms with Crippen LogP contribution in [0.3, 0.4) is 0 Å². The topological polar surface area (TPSA) is 32.3 Å². The van der Waals surface area contributed by atoms with Gasteiger partial charge in [0.1, 0.15) is 0 Å². The van der Waals surface area contributed by atoms with Crippen LogP contribution in [0, 0.1) is 11.8 Å². The van der Waals surface area contributed by atoms with Crippen LogP contribution in [-0.2, 0) is 4.79 Å². The molecule has 2 fully saturated rings. The van der Waals surface area contributed by atoms with Crippen LogP contribution in [0.15, 0.2) is 0 Å². The van der Waals surface area contributed by atoms with E-state index in [1.165, 1.54) is 32.1 Å². The van der Waals surface area contributed by atoms with Crippen molar-refractivity contribution in [2.75, 3.05) is 0 Å². The van der Waals surface area contributed by atoms with Gasteiger partial charge in [-0.1, -0.05) is 53.4 Å². The Labute approximate surface area is 124 Å². The number of nitrogens with zero attached hydrogens (tertiary/aromatic N) is 1. The third-order valence-electron chi connectivity index (χ3n) is 5.10. The zero-order chi connectivity index (χ0) is 14.7. The summed E-state index contributed by atoms with van der Waals surface area (Å²) in [6.45, 7) is 8.89. The standard InChI is InChI=1S/C17H32N2O/c1-5-13(4)16-17(20)19(14-9-7-6-8-10-14)15(18-16)11-12(2)3/h12-16,18H,5-11H2,1-4H3. The number of hydrogen-bond acceptors (Lipinski definition) is 2. The number of nitrogens with one attached hydrogen (secondary N) is 1. The Morgan fingerprint density at radius 2 is 1.85 bits per heavy atom. The first-order chi connectivity index (χ1) is 9.54. The van der Waals surface area contributed by atoms with Crippen LogP contribution in [0.2, 0.25) is 0 Å². The van der Waals surface area contributed by atoms with E-state index in [-0.39, 0.29) is 12.2 Å². The highest BCUT2D eigenvalue weighted by Crippen LogP contribution is 2.31. The SMILES string of the molecule is CCC(C)C1NC(CC(C)C)N(C2CCCCC2)C1=O. The predicted octanol–water partition coefficient (Wildman–Crippen LogP) is 3.54. The molecule has 1 amide bonds. The van der Waals surface area contributed by atoms with Crippen LogP contribution in [0.1, 0.15) is 72.6 Å². The van der Waals surface area contributed by atoms with Gasteiger partial charge in [-0.2, -0.15) is 0 Å². The number of amides is 1. The highest BCUT2D eigenvalue weighted by Gasteiger charge is 2.44. The van der Waals surface area contributed by atoms with E-state index in [1.807, 2.05) is 0 Å². The van der Waals surface area contributed by atoms with Gasteiger partial charge in [0.05, 0.1) is 12.2 Å². The molecule has 3 unspecified atom stereocenters. The minimum absolute atomic E-state index is 0.0469. The lowest BCUT2D eigenvalue weighted by molar-refractivity contribution is -0.134. The normalized spacial score (nSPS) is 30.2. The summed E-state index contributed by atoms with van der Waals surface area (Å²) in [6, 6.07) is 0.534. The zero-order valence-electron chi connectivity index (χ0n) is 13.7. The first kappa shape index (κ1) is 15.8. The first-order valence-electron chi connectivity index (χ1n) is 8.62. The molecule has 1 heterocycles. The molecule has 1 aliphatic heterocycles. The van der Waals surface area contributed by atoms with Crippen LogP contribution in [0.25, 0.3) is 0 Å². The van der Waals surface area contributed by atoms with Crippen molar-refractivity contribution >= 4 is 5.91 Å². The maximum Gasteiger partial charge on any atom is 0.241 e. The summed E-state index contributed by atoms with van der Waals surface area (Å²) >= 11 is 0. The Balaban J connectivity index is 2.12. The minimum Gasteiger partial charge on any atom is -0.323 e. The largest absolute Gasteiger partial charge is 0.323 e. The number of rotatable bonds is 5. The second-order valence-corrected chi connectivity index (χ2v) is 7.21. The molecule has 0 aromatic carbocycles. The molecule has 1 saturated carbocycles. The fraction of sp³-hybridized carbons (Fsp3) is 0.941. The summed E-state index contributed by atoms with van der Waals surface area (Å²) in [5.74, 6) is 1.43. The Bertz CT molecular complexity index is 323. The third kappa shape index (κ3) is 3.36. The molecule has 3 atom stereocenters. The fourth-order valence-electron chi connectivity index (χ4n) is 3.74. The van der Waals surface area contributed by atoms with Crippen molar-refractivity contribution in [3.8, 4) is 0 Å². The van der Waals surface area contributed by atoms with Gasteiger partial charge < -0.3 is 4.90 Å². The average Bonchev–Trinajstić information content (AvgIpc) is 2.75. The molecule has 1 aliphatic carbocycles. The number of carbonyl (C=O) groups is 1. The second-order valence-electron chi connectivity index (χ2n) is 7.21. The first-order valence-corrected chi connectivity index (χ1v) is 8.62. The molecule has 0 spiro atoms. The van der Waals surface area contributed by atoms with E-state index in [4.69, 9.17) is 0 Å². The Morgan fingerprint density at radius 1 is 1.20 bits per heavy atom. The summed E-state index contributed by atoms with van der Waals surface area (Å²) in [7, 11) is 0. The van der Waals surface area contributed by atoms with Gasteiger partial charge >= 0.3 is 0 Å². The Kier molecular flexibility index (Phi) is 5.48. The average molecular weight is 280 g/mol. The van der Waals surface area contributed by atoms with E-state index in [0.717, 1.165) is 12.8 Å². The van der Waals surface area contributed by atoms with Crippen LogP contribution < -0.4 is 5.32 Å². The van der Waals surface area contributed by atoms with Gasteiger partial charge in [-0.05, 0) is 31.1 Å². The molecule has 20 heavy (non-hydrogen) atoms. The molecule has 1 saturated heterocycles. The summed E-state index contributed by atoms with van der Waals surface area (Å²) in [6.07, 6.45) is 8.74. The highest BCUT2D eigenvalue weighted by molar-refractivity contribution is 5.85. The smallest absolute Gasteiger partial charge is 0.241 e. The zero-order valence-corrected chi connectivity index (χ0v) is 13.7. The highest BCUT2D eigenvalue weighted by atomic mass is 16.2. The molecule has 3 heteroatoms. The van der Waals surface area contributed by atoms with Crippen molar-refractivity contribution in [3.05, 3.63) is 0 Å². The van der Waals surface area contributed by atoms with Crippen molar-refractivity contribution in [3.63, 3.8) is 0 Å². The Morgan fingerprint density at radius 3 is 2.40 bits per heavy atom.